The van der Waals surface area contributed by atoms with Crippen LogP contribution in [0.25, 0.3) is 5.65 Å². The Kier molecular flexibility index (Phi) is 5.43. The maximum absolute atomic E-state index is 12.8. The number of nitrogens with one attached hydrogen (secondary N) is 1. The number of anilines is 1. The molecule has 0 saturated carbocycles. The van der Waals surface area contributed by atoms with Crippen molar-refractivity contribution in [1.82, 2.24) is 25.1 Å². The standard InChI is InChI=1S/C20H23ClN6O/c1-2-17(14-3-5-16(21)6-4-14)23-20(28)15-9-11-26(12-10-15)19-8-7-18-24-22-13-27(18)25-19/h3-8,13,15,17H,2,9-12H2,1H3,(H,23,28). The molecular weight excluding hydrogens is 376 g/mol. The van der Waals surface area contributed by atoms with Crippen molar-refractivity contribution in [3.8, 4) is 0 Å². The van der Waals surface area contributed by atoms with E-state index in [0.29, 0.717) is 5.02 Å². The third-order valence-electron chi connectivity index (χ3n) is 5.33. The maximum Gasteiger partial charge on any atom is 0.223 e. The lowest BCUT2D eigenvalue weighted by Gasteiger charge is -2.32. The van der Waals surface area contributed by atoms with Crippen LogP contribution in [0.3, 0.4) is 0 Å². The SMILES string of the molecule is CCC(NC(=O)C1CCN(c2ccc3nncn3n2)CC1)c1ccc(Cl)cc1. The zero-order valence-corrected chi connectivity index (χ0v) is 16.5. The van der Waals surface area contributed by atoms with Crippen molar-refractivity contribution in [3.63, 3.8) is 0 Å². The largest absolute Gasteiger partial charge is 0.355 e. The van der Waals surface area contributed by atoms with Crippen molar-refractivity contribution in [2.45, 2.75) is 32.2 Å². The first-order valence-corrected chi connectivity index (χ1v) is 9.99. The van der Waals surface area contributed by atoms with Gasteiger partial charge in [-0.1, -0.05) is 30.7 Å². The number of amides is 1. The molecular formula is C20H23ClN6O. The molecule has 1 atom stereocenters. The lowest BCUT2D eigenvalue weighted by Crippen LogP contribution is -2.42. The topological polar surface area (TPSA) is 75.4 Å². The third kappa shape index (κ3) is 3.94. The average molecular weight is 399 g/mol. The highest BCUT2D eigenvalue weighted by atomic mass is 35.5. The van der Waals surface area contributed by atoms with E-state index < -0.39 is 0 Å². The Hall–Kier alpha value is -2.67. The minimum absolute atomic E-state index is 0.0145. The summed E-state index contributed by atoms with van der Waals surface area (Å²) in [4.78, 5) is 15.0. The van der Waals surface area contributed by atoms with Crippen LogP contribution in [0.1, 0.15) is 37.8 Å². The minimum atomic E-state index is 0.0145. The first-order chi connectivity index (χ1) is 13.6. The van der Waals surface area contributed by atoms with E-state index in [1.54, 1.807) is 10.8 Å². The summed E-state index contributed by atoms with van der Waals surface area (Å²) in [6, 6.07) is 11.6. The number of hydrogen-bond acceptors (Lipinski definition) is 5. The number of benzene rings is 1. The summed E-state index contributed by atoms with van der Waals surface area (Å²) in [7, 11) is 0. The van der Waals surface area contributed by atoms with E-state index in [1.807, 2.05) is 36.4 Å². The molecule has 1 amide bonds. The second-order valence-corrected chi connectivity index (χ2v) is 7.54. The van der Waals surface area contributed by atoms with Gasteiger partial charge in [0, 0.05) is 24.0 Å². The van der Waals surface area contributed by atoms with Crippen LogP contribution in [0.2, 0.25) is 5.02 Å². The average Bonchev–Trinajstić information content (AvgIpc) is 3.20. The molecule has 3 aromatic rings. The van der Waals surface area contributed by atoms with Gasteiger partial charge in [0.2, 0.25) is 5.91 Å². The van der Waals surface area contributed by atoms with Gasteiger partial charge in [-0.15, -0.1) is 15.3 Å². The van der Waals surface area contributed by atoms with E-state index in [-0.39, 0.29) is 17.9 Å². The maximum atomic E-state index is 12.8. The van der Waals surface area contributed by atoms with Crippen molar-refractivity contribution >= 4 is 29.0 Å². The molecule has 146 valence electrons. The molecule has 4 rings (SSSR count). The van der Waals surface area contributed by atoms with Gasteiger partial charge in [-0.05, 0) is 49.1 Å². The predicted molar refractivity (Wildman–Crippen MR) is 108 cm³/mol. The molecule has 2 aromatic heterocycles. The molecule has 8 heteroatoms. The number of aromatic nitrogens is 4. The lowest BCUT2D eigenvalue weighted by molar-refractivity contribution is -0.126. The molecule has 0 aliphatic carbocycles. The van der Waals surface area contributed by atoms with Crippen LogP contribution in [0, 0.1) is 5.92 Å². The van der Waals surface area contributed by atoms with E-state index in [4.69, 9.17) is 11.6 Å². The van der Waals surface area contributed by atoms with Gasteiger partial charge in [0.25, 0.3) is 0 Å². The van der Waals surface area contributed by atoms with E-state index >= 15 is 0 Å². The molecule has 1 unspecified atom stereocenters. The van der Waals surface area contributed by atoms with Crippen LogP contribution in [0.4, 0.5) is 5.82 Å². The molecule has 1 aliphatic heterocycles. The van der Waals surface area contributed by atoms with Crippen molar-refractivity contribution < 1.29 is 4.79 Å². The first kappa shape index (κ1) is 18.7. The summed E-state index contributed by atoms with van der Waals surface area (Å²) < 4.78 is 1.67. The summed E-state index contributed by atoms with van der Waals surface area (Å²) in [6.07, 6.45) is 4.06. The van der Waals surface area contributed by atoms with Crippen LogP contribution >= 0.6 is 11.6 Å². The van der Waals surface area contributed by atoms with Gasteiger partial charge >= 0.3 is 0 Å². The second kappa shape index (κ2) is 8.14. The Balaban J connectivity index is 1.36. The monoisotopic (exact) mass is 398 g/mol. The lowest BCUT2D eigenvalue weighted by atomic mass is 9.94. The van der Waals surface area contributed by atoms with Gasteiger partial charge in [0.1, 0.15) is 12.1 Å². The number of piperidine rings is 1. The molecule has 0 bridgehead atoms. The summed E-state index contributed by atoms with van der Waals surface area (Å²) in [5, 5.41) is 16.3. The van der Waals surface area contributed by atoms with Gasteiger partial charge < -0.3 is 10.2 Å². The number of carbonyl (C=O) groups excluding carboxylic acids is 1. The molecule has 1 aliphatic rings. The molecule has 28 heavy (non-hydrogen) atoms. The second-order valence-electron chi connectivity index (χ2n) is 7.11. The van der Waals surface area contributed by atoms with E-state index in [0.717, 1.165) is 49.4 Å². The van der Waals surface area contributed by atoms with E-state index in [2.05, 4.69) is 32.4 Å². The number of nitrogens with zero attached hydrogens (tertiary/aromatic N) is 5. The van der Waals surface area contributed by atoms with Crippen LogP contribution in [-0.2, 0) is 4.79 Å². The predicted octanol–water partition coefficient (Wildman–Crippen LogP) is 3.26. The Bertz CT molecular complexity index is 949. The molecule has 7 nitrogen and oxygen atoms in total. The van der Waals surface area contributed by atoms with Crippen molar-refractivity contribution in [1.29, 1.82) is 0 Å². The van der Waals surface area contributed by atoms with Gasteiger partial charge in [-0.25, -0.2) is 0 Å². The van der Waals surface area contributed by atoms with Gasteiger partial charge in [0.05, 0.1) is 6.04 Å². The molecule has 1 saturated heterocycles. The molecule has 1 fully saturated rings. The van der Waals surface area contributed by atoms with Gasteiger partial charge in [-0.3, -0.25) is 4.79 Å². The van der Waals surface area contributed by atoms with Gasteiger partial charge in [0.15, 0.2) is 5.65 Å². The Morgan fingerprint density at radius 2 is 1.96 bits per heavy atom. The highest BCUT2D eigenvalue weighted by molar-refractivity contribution is 6.30. The fraction of sp³-hybridized carbons (Fsp3) is 0.400. The van der Waals surface area contributed by atoms with Gasteiger partial charge in [-0.2, -0.15) is 4.52 Å². The molecule has 3 heterocycles. The molecule has 0 spiro atoms. The summed E-state index contributed by atoms with van der Waals surface area (Å²) >= 11 is 5.97. The number of carbonyl (C=O) groups is 1. The minimum Gasteiger partial charge on any atom is -0.355 e. The fourth-order valence-electron chi connectivity index (χ4n) is 3.66. The van der Waals surface area contributed by atoms with Crippen molar-refractivity contribution in [3.05, 3.63) is 53.3 Å². The summed E-state index contributed by atoms with van der Waals surface area (Å²) in [6.45, 7) is 3.68. The highest BCUT2D eigenvalue weighted by Crippen LogP contribution is 2.24. The van der Waals surface area contributed by atoms with Crippen molar-refractivity contribution in [2.75, 3.05) is 18.0 Å². The Morgan fingerprint density at radius 3 is 2.68 bits per heavy atom. The zero-order valence-electron chi connectivity index (χ0n) is 15.8. The quantitative estimate of drug-likeness (QED) is 0.713. The Labute approximate surface area is 168 Å². The van der Waals surface area contributed by atoms with E-state index in [9.17, 15) is 4.79 Å². The van der Waals surface area contributed by atoms with Crippen LogP contribution in [0.15, 0.2) is 42.7 Å². The van der Waals surface area contributed by atoms with Crippen molar-refractivity contribution in [2.24, 2.45) is 5.92 Å². The molecule has 0 radical (unpaired) electrons. The molecule has 1 N–H and O–H groups in total. The van der Waals surface area contributed by atoms with Crippen LogP contribution < -0.4 is 10.2 Å². The molecule has 1 aromatic carbocycles. The van der Waals surface area contributed by atoms with Crippen LogP contribution in [0.5, 0.6) is 0 Å². The summed E-state index contributed by atoms with van der Waals surface area (Å²) in [5.41, 5.74) is 1.81. The Morgan fingerprint density at radius 1 is 1.21 bits per heavy atom. The van der Waals surface area contributed by atoms with Crippen LogP contribution in [-0.4, -0.2) is 38.8 Å². The highest BCUT2D eigenvalue weighted by Gasteiger charge is 2.27. The number of hydrogen-bond donors (Lipinski definition) is 1. The number of fused-ring (bicyclic) bond motifs is 1. The van der Waals surface area contributed by atoms with E-state index in [1.165, 1.54) is 0 Å². The zero-order chi connectivity index (χ0) is 19.5. The number of rotatable bonds is 5. The normalized spacial score (nSPS) is 16.3. The smallest absolute Gasteiger partial charge is 0.223 e. The first-order valence-electron chi connectivity index (χ1n) is 9.62. The fourth-order valence-corrected chi connectivity index (χ4v) is 3.79. The number of halogens is 1. The summed E-state index contributed by atoms with van der Waals surface area (Å²) in [5.74, 6) is 1.04. The third-order valence-corrected chi connectivity index (χ3v) is 5.59.